The number of nitrogens with zero attached hydrogens (tertiary/aromatic N) is 3. The lowest BCUT2D eigenvalue weighted by Gasteiger charge is -2.41. The Morgan fingerprint density at radius 1 is 1.50 bits per heavy atom. The van der Waals surface area contributed by atoms with Gasteiger partial charge >= 0.3 is 0 Å². The first kappa shape index (κ1) is 15.5. The fourth-order valence-corrected chi connectivity index (χ4v) is 3.59. The van der Waals surface area contributed by atoms with Crippen LogP contribution >= 0.6 is 0 Å². The normalized spacial score (nSPS) is 25.2. The zero-order valence-corrected chi connectivity index (χ0v) is 13.3. The Hall–Kier alpha value is -1.40. The van der Waals surface area contributed by atoms with Crippen molar-refractivity contribution in [3.05, 3.63) is 18.0 Å². The van der Waals surface area contributed by atoms with E-state index in [0.29, 0.717) is 19.8 Å². The quantitative estimate of drug-likeness (QED) is 0.908. The van der Waals surface area contributed by atoms with E-state index in [1.807, 2.05) is 22.7 Å². The fourth-order valence-electron chi connectivity index (χ4n) is 3.59. The highest BCUT2D eigenvalue weighted by atomic mass is 16.5. The molecule has 0 spiro atoms. The molecule has 0 saturated carbocycles. The van der Waals surface area contributed by atoms with E-state index in [2.05, 4.69) is 11.3 Å². The van der Waals surface area contributed by atoms with Crippen molar-refractivity contribution in [3.63, 3.8) is 0 Å². The van der Waals surface area contributed by atoms with Crippen molar-refractivity contribution < 1.29 is 9.53 Å². The number of rotatable bonds is 3. The second-order valence-corrected chi connectivity index (χ2v) is 6.64. The van der Waals surface area contributed by atoms with Gasteiger partial charge in [-0.05, 0) is 38.2 Å². The van der Waals surface area contributed by atoms with Crippen molar-refractivity contribution >= 4 is 5.91 Å². The Labute approximate surface area is 131 Å². The van der Waals surface area contributed by atoms with E-state index >= 15 is 0 Å². The first-order chi connectivity index (χ1) is 10.6. The standard InChI is InChI=1S/C16H26N4O2/c1-13-9-18-20(10-13)14-3-2-6-19(11-14)15(21)16(12-17)4-7-22-8-5-16/h9-10,14H,2-8,11-12,17H2,1H3. The van der Waals surface area contributed by atoms with Gasteiger partial charge in [-0.15, -0.1) is 0 Å². The molecule has 0 bridgehead atoms. The third-order valence-electron chi connectivity index (χ3n) is 5.08. The molecule has 2 fully saturated rings. The zero-order valence-electron chi connectivity index (χ0n) is 13.3. The van der Waals surface area contributed by atoms with E-state index in [1.54, 1.807) is 0 Å². The van der Waals surface area contributed by atoms with Crippen LogP contribution in [0.25, 0.3) is 0 Å². The summed E-state index contributed by atoms with van der Waals surface area (Å²) in [5.74, 6) is 0.215. The minimum Gasteiger partial charge on any atom is -0.381 e. The van der Waals surface area contributed by atoms with Gasteiger partial charge in [0.2, 0.25) is 5.91 Å². The van der Waals surface area contributed by atoms with Gasteiger partial charge in [-0.3, -0.25) is 9.48 Å². The van der Waals surface area contributed by atoms with E-state index in [9.17, 15) is 4.79 Å². The minimum absolute atomic E-state index is 0.215. The molecule has 6 nitrogen and oxygen atoms in total. The summed E-state index contributed by atoms with van der Waals surface area (Å²) in [5, 5.41) is 4.42. The Morgan fingerprint density at radius 2 is 2.27 bits per heavy atom. The largest absolute Gasteiger partial charge is 0.381 e. The number of piperidine rings is 1. The SMILES string of the molecule is Cc1cnn(C2CCCN(C(=O)C3(CN)CCOCC3)C2)c1. The molecule has 1 amide bonds. The number of hydrogen-bond donors (Lipinski definition) is 1. The van der Waals surface area contributed by atoms with Crippen molar-refractivity contribution in [2.24, 2.45) is 11.1 Å². The number of carbonyl (C=O) groups excluding carboxylic acids is 1. The van der Waals surface area contributed by atoms with E-state index < -0.39 is 5.41 Å². The molecule has 0 radical (unpaired) electrons. The average molecular weight is 306 g/mol. The van der Waals surface area contributed by atoms with Crippen molar-refractivity contribution in [1.29, 1.82) is 0 Å². The van der Waals surface area contributed by atoms with Gasteiger partial charge in [0.05, 0.1) is 17.7 Å². The van der Waals surface area contributed by atoms with Crippen LogP contribution in [0.3, 0.4) is 0 Å². The molecule has 0 aromatic carbocycles. The molecule has 1 aromatic rings. The van der Waals surface area contributed by atoms with E-state index in [0.717, 1.165) is 44.3 Å². The van der Waals surface area contributed by atoms with E-state index in [1.165, 1.54) is 0 Å². The number of amides is 1. The number of hydrogen-bond acceptors (Lipinski definition) is 4. The van der Waals surface area contributed by atoms with Crippen LogP contribution in [0.1, 0.15) is 37.3 Å². The van der Waals surface area contributed by atoms with Crippen LogP contribution in [0.5, 0.6) is 0 Å². The van der Waals surface area contributed by atoms with Gasteiger partial charge in [0.1, 0.15) is 0 Å². The van der Waals surface area contributed by atoms with Gasteiger partial charge in [-0.2, -0.15) is 5.10 Å². The van der Waals surface area contributed by atoms with Crippen LogP contribution in [-0.4, -0.2) is 53.4 Å². The molecule has 3 heterocycles. The second-order valence-electron chi connectivity index (χ2n) is 6.64. The summed E-state index contributed by atoms with van der Waals surface area (Å²) < 4.78 is 7.42. The topological polar surface area (TPSA) is 73.4 Å². The van der Waals surface area contributed by atoms with Crippen LogP contribution in [0.4, 0.5) is 0 Å². The highest BCUT2D eigenvalue weighted by molar-refractivity contribution is 5.83. The second kappa shape index (κ2) is 6.38. The third-order valence-corrected chi connectivity index (χ3v) is 5.08. The molecule has 2 saturated heterocycles. The predicted molar refractivity (Wildman–Crippen MR) is 83.4 cm³/mol. The summed E-state index contributed by atoms with van der Waals surface area (Å²) in [6.07, 6.45) is 7.51. The molecule has 1 unspecified atom stereocenters. The smallest absolute Gasteiger partial charge is 0.230 e. The summed E-state index contributed by atoms with van der Waals surface area (Å²) in [7, 11) is 0. The molecule has 122 valence electrons. The fraction of sp³-hybridized carbons (Fsp3) is 0.750. The highest BCUT2D eigenvalue weighted by Gasteiger charge is 2.42. The van der Waals surface area contributed by atoms with Gasteiger partial charge in [-0.25, -0.2) is 0 Å². The molecule has 2 N–H and O–H groups in total. The van der Waals surface area contributed by atoms with Crippen LogP contribution in [0, 0.1) is 12.3 Å². The molecule has 3 rings (SSSR count). The predicted octanol–water partition coefficient (Wildman–Crippen LogP) is 1.11. The van der Waals surface area contributed by atoms with Crippen LogP contribution in [0.2, 0.25) is 0 Å². The summed E-state index contributed by atoms with van der Waals surface area (Å²) in [6, 6.07) is 0.279. The Balaban J connectivity index is 1.72. The molecule has 2 aliphatic rings. The maximum absolute atomic E-state index is 13.0. The lowest BCUT2D eigenvalue weighted by atomic mass is 9.78. The summed E-state index contributed by atoms with van der Waals surface area (Å²) in [6.45, 7) is 5.30. The lowest BCUT2D eigenvalue weighted by Crippen LogP contribution is -2.53. The maximum atomic E-state index is 13.0. The van der Waals surface area contributed by atoms with Gasteiger partial charge in [0.15, 0.2) is 0 Å². The minimum atomic E-state index is -0.416. The zero-order chi connectivity index (χ0) is 15.6. The van der Waals surface area contributed by atoms with Gasteiger partial charge < -0.3 is 15.4 Å². The van der Waals surface area contributed by atoms with Crippen molar-refractivity contribution in [3.8, 4) is 0 Å². The monoisotopic (exact) mass is 306 g/mol. The van der Waals surface area contributed by atoms with Crippen molar-refractivity contribution in [1.82, 2.24) is 14.7 Å². The molecule has 1 atom stereocenters. The van der Waals surface area contributed by atoms with Gasteiger partial charge in [0.25, 0.3) is 0 Å². The lowest BCUT2D eigenvalue weighted by molar-refractivity contribution is -0.149. The number of aromatic nitrogens is 2. The van der Waals surface area contributed by atoms with Crippen LogP contribution < -0.4 is 5.73 Å². The third kappa shape index (κ3) is 2.90. The summed E-state index contributed by atoms with van der Waals surface area (Å²) >= 11 is 0. The molecular formula is C16H26N4O2. The number of carbonyl (C=O) groups is 1. The number of likely N-dealkylation sites (tertiary alicyclic amines) is 1. The molecule has 6 heteroatoms. The Kier molecular flexibility index (Phi) is 4.49. The maximum Gasteiger partial charge on any atom is 0.230 e. The molecule has 1 aromatic heterocycles. The van der Waals surface area contributed by atoms with Crippen LogP contribution in [-0.2, 0) is 9.53 Å². The molecule has 22 heavy (non-hydrogen) atoms. The number of nitrogens with two attached hydrogens (primary N) is 1. The van der Waals surface area contributed by atoms with Crippen molar-refractivity contribution in [2.45, 2.75) is 38.6 Å². The van der Waals surface area contributed by atoms with Crippen molar-refractivity contribution in [2.75, 3.05) is 32.8 Å². The molecular weight excluding hydrogens is 280 g/mol. The Morgan fingerprint density at radius 3 is 2.91 bits per heavy atom. The first-order valence-corrected chi connectivity index (χ1v) is 8.22. The summed E-state index contributed by atoms with van der Waals surface area (Å²) in [5.41, 5.74) is 6.72. The van der Waals surface area contributed by atoms with Gasteiger partial charge in [-0.1, -0.05) is 0 Å². The highest BCUT2D eigenvalue weighted by Crippen LogP contribution is 2.33. The molecule has 0 aliphatic carbocycles. The Bertz CT molecular complexity index is 522. The van der Waals surface area contributed by atoms with E-state index in [-0.39, 0.29) is 11.9 Å². The van der Waals surface area contributed by atoms with Crippen LogP contribution in [0.15, 0.2) is 12.4 Å². The van der Waals surface area contributed by atoms with E-state index in [4.69, 9.17) is 10.5 Å². The summed E-state index contributed by atoms with van der Waals surface area (Å²) in [4.78, 5) is 15.1. The number of aryl methyl sites for hydroxylation is 1. The average Bonchev–Trinajstić information content (AvgIpc) is 3.01. The number of ether oxygens (including phenoxy) is 1. The molecule has 2 aliphatic heterocycles. The van der Waals surface area contributed by atoms with Gasteiger partial charge in [0, 0.05) is 39.0 Å². The first-order valence-electron chi connectivity index (χ1n) is 8.22.